The molecule has 108 valence electrons. The number of aliphatic hydroxyl groups excluding tert-OH is 1. The molecule has 1 aromatic heterocycles. The van der Waals surface area contributed by atoms with Crippen molar-refractivity contribution in [1.82, 2.24) is 10.5 Å². The standard InChI is InChI=1S/C15H19ClN2O2/c1-9(2)17-8-13(19)14-10(3)20-18-15(14)11-6-4-5-7-12(11)16/h4-7,9,13,17,19H,8H2,1-3H3. The van der Waals surface area contributed by atoms with Crippen LogP contribution in [0, 0.1) is 6.92 Å². The number of nitrogens with one attached hydrogen (secondary N) is 1. The van der Waals surface area contributed by atoms with E-state index in [1.807, 2.05) is 32.0 Å². The van der Waals surface area contributed by atoms with Crippen LogP contribution in [0.4, 0.5) is 0 Å². The van der Waals surface area contributed by atoms with Crippen molar-refractivity contribution in [1.29, 1.82) is 0 Å². The third-order valence-corrected chi connectivity index (χ3v) is 3.42. The van der Waals surface area contributed by atoms with Gasteiger partial charge in [0.15, 0.2) is 0 Å². The lowest BCUT2D eigenvalue weighted by Gasteiger charge is -2.14. The minimum Gasteiger partial charge on any atom is -0.387 e. The number of nitrogens with zero attached hydrogens (tertiary/aromatic N) is 1. The van der Waals surface area contributed by atoms with Crippen molar-refractivity contribution in [3.63, 3.8) is 0 Å². The van der Waals surface area contributed by atoms with Gasteiger partial charge in [0.1, 0.15) is 11.5 Å². The Hall–Kier alpha value is -1.36. The van der Waals surface area contributed by atoms with Gasteiger partial charge in [-0.25, -0.2) is 0 Å². The van der Waals surface area contributed by atoms with Gasteiger partial charge in [-0.05, 0) is 13.0 Å². The van der Waals surface area contributed by atoms with E-state index in [0.29, 0.717) is 34.6 Å². The highest BCUT2D eigenvalue weighted by atomic mass is 35.5. The number of hydrogen-bond donors (Lipinski definition) is 2. The molecule has 0 fully saturated rings. The first-order chi connectivity index (χ1) is 9.50. The number of halogens is 1. The Morgan fingerprint density at radius 1 is 1.35 bits per heavy atom. The normalized spacial score (nSPS) is 12.9. The van der Waals surface area contributed by atoms with Crippen molar-refractivity contribution in [2.45, 2.75) is 32.9 Å². The predicted molar refractivity (Wildman–Crippen MR) is 79.8 cm³/mol. The molecule has 1 unspecified atom stereocenters. The minimum atomic E-state index is -0.685. The number of benzene rings is 1. The summed E-state index contributed by atoms with van der Waals surface area (Å²) in [6.07, 6.45) is -0.685. The van der Waals surface area contributed by atoms with Gasteiger partial charge in [-0.15, -0.1) is 0 Å². The zero-order chi connectivity index (χ0) is 14.7. The van der Waals surface area contributed by atoms with E-state index in [4.69, 9.17) is 16.1 Å². The zero-order valence-electron chi connectivity index (χ0n) is 11.9. The molecule has 0 aliphatic rings. The maximum atomic E-state index is 10.4. The molecular weight excluding hydrogens is 276 g/mol. The third kappa shape index (κ3) is 3.20. The van der Waals surface area contributed by atoms with Crippen LogP contribution in [0.25, 0.3) is 11.3 Å². The molecule has 0 radical (unpaired) electrons. The van der Waals surface area contributed by atoms with Gasteiger partial charge in [-0.1, -0.05) is 48.8 Å². The first-order valence-corrected chi connectivity index (χ1v) is 7.01. The average Bonchev–Trinajstić information content (AvgIpc) is 2.78. The number of hydrogen-bond acceptors (Lipinski definition) is 4. The molecule has 20 heavy (non-hydrogen) atoms. The summed E-state index contributed by atoms with van der Waals surface area (Å²) in [5.74, 6) is 0.609. The van der Waals surface area contributed by atoms with Gasteiger partial charge in [-0.3, -0.25) is 0 Å². The molecule has 2 aromatic rings. The van der Waals surface area contributed by atoms with Crippen LogP contribution in [0.2, 0.25) is 5.02 Å². The van der Waals surface area contributed by atoms with E-state index < -0.39 is 6.10 Å². The van der Waals surface area contributed by atoms with Crippen LogP contribution >= 0.6 is 11.6 Å². The van der Waals surface area contributed by atoms with Crippen molar-refractivity contribution < 1.29 is 9.63 Å². The molecule has 4 nitrogen and oxygen atoms in total. The van der Waals surface area contributed by atoms with E-state index in [9.17, 15) is 5.11 Å². The maximum absolute atomic E-state index is 10.4. The fourth-order valence-corrected chi connectivity index (χ4v) is 2.29. The predicted octanol–water partition coefficient (Wildman–Crippen LogP) is 3.33. The lowest BCUT2D eigenvalue weighted by atomic mass is 10.0. The molecule has 0 spiro atoms. The van der Waals surface area contributed by atoms with Crippen LogP contribution in [0.5, 0.6) is 0 Å². The van der Waals surface area contributed by atoms with E-state index in [1.165, 1.54) is 0 Å². The Labute approximate surface area is 123 Å². The van der Waals surface area contributed by atoms with E-state index in [2.05, 4.69) is 10.5 Å². The monoisotopic (exact) mass is 294 g/mol. The Balaban J connectivity index is 2.35. The van der Waals surface area contributed by atoms with Gasteiger partial charge in [-0.2, -0.15) is 0 Å². The molecule has 1 atom stereocenters. The summed E-state index contributed by atoms with van der Waals surface area (Å²) < 4.78 is 5.24. The summed E-state index contributed by atoms with van der Waals surface area (Å²) in [6, 6.07) is 7.70. The number of aliphatic hydroxyl groups is 1. The summed E-state index contributed by atoms with van der Waals surface area (Å²) in [4.78, 5) is 0. The molecule has 0 aliphatic carbocycles. The second kappa shape index (κ2) is 6.39. The Kier molecular flexibility index (Phi) is 4.81. The lowest BCUT2D eigenvalue weighted by molar-refractivity contribution is 0.170. The molecule has 0 aliphatic heterocycles. The number of rotatable bonds is 5. The molecule has 1 heterocycles. The minimum absolute atomic E-state index is 0.300. The Bertz CT molecular complexity index is 581. The van der Waals surface area contributed by atoms with E-state index in [1.54, 1.807) is 13.0 Å². The first-order valence-electron chi connectivity index (χ1n) is 6.63. The summed E-state index contributed by atoms with van der Waals surface area (Å²) in [5.41, 5.74) is 2.06. The lowest BCUT2D eigenvalue weighted by Crippen LogP contribution is -2.28. The van der Waals surface area contributed by atoms with Gasteiger partial charge in [0.2, 0.25) is 0 Å². The largest absolute Gasteiger partial charge is 0.387 e. The van der Waals surface area contributed by atoms with Crippen molar-refractivity contribution >= 4 is 11.6 Å². The molecule has 2 N–H and O–H groups in total. The van der Waals surface area contributed by atoms with E-state index >= 15 is 0 Å². The summed E-state index contributed by atoms with van der Waals surface area (Å²) >= 11 is 6.19. The quantitative estimate of drug-likeness (QED) is 0.888. The van der Waals surface area contributed by atoms with Gasteiger partial charge in [0.25, 0.3) is 0 Å². The fourth-order valence-electron chi connectivity index (χ4n) is 2.07. The summed E-state index contributed by atoms with van der Waals surface area (Å²) in [5, 5.41) is 18.2. The van der Waals surface area contributed by atoms with Crippen LogP contribution in [-0.4, -0.2) is 22.8 Å². The smallest absolute Gasteiger partial charge is 0.140 e. The Morgan fingerprint density at radius 3 is 2.70 bits per heavy atom. The number of aromatic nitrogens is 1. The van der Waals surface area contributed by atoms with Crippen LogP contribution in [0.3, 0.4) is 0 Å². The van der Waals surface area contributed by atoms with E-state index in [-0.39, 0.29) is 0 Å². The van der Waals surface area contributed by atoms with Crippen molar-refractivity contribution in [2.75, 3.05) is 6.54 Å². The summed E-state index contributed by atoms with van der Waals surface area (Å²) in [6.45, 7) is 6.29. The van der Waals surface area contributed by atoms with Gasteiger partial charge < -0.3 is 14.9 Å². The van der Waals surface area contributed by atoms with Crippen LogP contribution in [-0.2, 0) is 0 Å². The van der Waals surface area contributed by atoms with Crippen molar-refractivity contribution in [2.24, 2.45) is 0 Å². The molecule has 5 heteroatoms. The molecular formula is C15H19ClN2O2. The van der Waals surface area contributed by atoms with Crippen LogP contribution in [0.15, 0.2) is 28.8 Å². The van der Waals surface area contributed by atoms with Crippen LogP contribution in [0.1, 0.15) is 31.3 Å². The molecule has 0 saturated carbocycles. The van der Waals surface area contributed by atoms with Crippen molar-refractivity contribution in [3.05, 3.63) is 40.6 Å². The molecule has 1 aromatic carbocycles. The second-order valence-corrected chi connectivity index (χ2v) is 5.47. The average molecular weight is 295 g/mol. The maximum Gasteiger partial charge on any atom is 0.140 e. The Morgan fingerprint density at radius 2 is 2.05 bits per heavy atom. The first kappa shape index (κ1) is 15.0. The third-order valence-electron chi connectivity index (χ3n) is 3.09. The van der Waals surface area contributed by atoms with Gasteiger partial charge >= 0.3 is 0 Å². The zero-order valence-corrected chi connectivity index (χ0v) is 12.6. The SMILES string of the molecule is Cc1onc(-c2ccccc2Cl)c1C(O)CNC(C)C. The fraction of sp³-hybridized carbons (Fsp3) is 0.400. The highest BCUT2D eigenvalue weighted by Crippen LogP contribution is 2.34. The van der Waals surface area contributed by atoms with Gasteiger partial charge in [0.05, 0.1) is 16.7 Å². The molecule has 0 bridgehead atoms. The molecule has 0 saturated heterocycles. The highest BCUT2D eigenvalue weighted by Gasteiger charge is 2.23. The molecule has 2 rings (SSSR count). The number of aryl methyl sites for hydroxylation is 1. The highest BCUT2D eigenvalue weighted by molar-refractivity contribution is 6.33. The second-order valence-electron chi connectivity index (χ2n) is 5.06. The van der Waals surface area contributed by atoms with Crippen LogP contribution < -0.4 is 5.32 Å². The molecule has 0 amide bonds. The van der Waals surface area contributed by atoms with Gasteiger partial charge in [0, 0.05) is 18.2 Å². The van der Waals surface area contributed by atoms with Crippen molar-refractivity contribution in [3.8, 4) is 11.3 Å². The topological polar surface area (TPSA) is 58.3 Å². The van der Waals surface area contributed by atoms with E-state index in [0.717, 1.165) is 5.56 Å². The summed E-state index contributed by atoms with van der Waals surface area (Å²) in [7, 11) is 0.